The van der Waals surface area contributed by atoms with E-state index in [0.29, 0.717) is 36.1 Å². The maximum absolute atomic E-state index is 14.0. The number of halogens is 1. The van der Waals surface area contributed by atoms with Gasteiger partial charge in [-0.25, -0.2) is 4.39 Å². The van der Waals surface area contributed by atoms with Gasteiger partial charge in [-0.15, -0.1) is 0 Å². The van der Waals surface area contributed by atoms with E-state index in [2.05, 4.69) is 0 Å². The highest BCUT2D eigenvalue weighted by atomic mass is 19.1. The number of aromatic hydroxyl groups is 1. The largest absolute Gasteiger partial charge is 0.505 e. The number of aliphatic hydroxyl groups is 2. The summed E-state index contributed by atoms with van der Waals surface area (Å²) >= 11 is 0. The fourth-order valence-electron chi connectivity index (χ4n) is 6.16. The van der Waals surface area contributed by atoms with Crippen LogP contribution < -0.4 is 4.90 Å². The quantitative estimate of drug-likeness (QED) is 0.203. The normalized spacial score (nSPS) is 22.1. The van der Waals surface area contributed by atoms with Crippen LogP contribution in [0.1, 0.15) is 37.3 Å². The van der Waals surface area contributed by atoms with Gasteiger partial charge in [0, 0.05) is 5.92 Å². The van der Waals surface area contributed by atoms with Gasteiger partial charge < -0.3 is 15.3 Å². The summed E-state index contributed by atoms with van der Waals surface area (Å²) in [6.45, 7) is 1.49. The number of anilines is 1. The second-order valence-electron chi connectivity index (χ2n) is 10.5. The molecule has 2 aliphatic rings. The molecule has 7 heteroatoms. The molecule has 206 valence electrons. The first-order valence-corrected chi connectivity index (χ1v) is 13.5. The van der Waals surface area contributed by atoms with Crippen molar-refractivity contribution in [1.29, 1.82) is 0 Å². The SMILES string of the molecule is CC1=C([C@H](O)CC/C(=C/c2ccc(O)c(F)c2)c2ccccc2)[C@H](CO)[C@@H]2C(=O)N(c3ccccc3)C(=O)[C@@H]2C1. The number of nitrogens with zero attached hydrogens (tertiary/aromatic N) is 1. The predicted octanol–water partition coefficient (Wildman–Crippen LogP) is 5.35. The van der Waals surface area contributed by atoms with E-state index in [1.165, 1.54) is 17.0 Å². The standard InChI is InChI=1S/C33H32FNO5/c1-20-16-25-31(33(40)35(32(25)39)24-10-6-3-7-11-24)26(19-36)30(20)29(38)15-13-23(22-8-4-2-5-9-22)17-21-12-14-28(37)27(34)18-21/h2-12,14,17-18,25-26,29,31,36-38H,13,15-16,19H2,1H3/b23-17-/t25-,26+,29-,31-/m1/s1. The zero-order valence-corrected chi connectivity index (χ0v) is 22.2. The Bertz CT molecular complexity index is 1470. The Kier molecular flexibility index (Phi) is 7.96. The van der Waals surface area contributed by atoms with Crippen LogP contribution in [0.3, 0.4) is 0 Å². The van der Waals surface area contributed by atoms with Crippen molar-refractivity contribution in [3.8, 4) is 5.75 Å². The number of para-hydroxylation sites is 1. The van der Waals surface area contributed by atoms with Crippen molar-refractivity contribution in [2.75, 3.05) is 11.5 Å². The first kappa shape index (κ1) is 27.5. The van der Waals surface area contributed by atoms with Crippen LogP contribution in [0.15, 0.2) is 90.0 Å². The Balaban J connectivity index is 1.40. The van der Waals surface area contributed by atoms with Crippen molar-refractivity contribution in [1.82, 2.24) is 0 Å². The number of phenolic OH excluding ortho intramolecular Hbond substituents is 1. The molecule has 0 unspecified atom stereocenters. The molecule has 3 aromatic carbocycles. The Morgan fingerprint density at radius 1 is 1.02 bits per heavy atom. The molecule has 3 aromatic rings. The van der Waals surface area contributed by atoms with E-state index < -0.39 is 35.4 Å². The number of amides is 2. The highest BCUT2D eigenvalue weighted by Crippen LogP contribution is 2.47. The van der Waals surface area contributed by atoms with Gasteiger partial charge in [0.1, 0.15) is 0 Å². The molecule has 1 aliphatic heterocycles. The van der Waals surface area contributed by atoms with Crippen LogP contribution in [0.25, 0.3) is 11.6 Å². The third kappa shape index (κ3) is 5.22. The van der Waals surface area contributed by atoms with Gasteiger partial charge in [0.15, 0.2) is 11.6 Å². The maximum Gasteiger partial charge on any atom is 0.238 e. The number of rotatable bonds is 8. The third-order valence-corrected chi connectivity index (χ3v) is 8.04. The lowest BCUT2D eigenvalue weighted by Gasteiger charge is -2.35. The van der Waals surface area contributed by atoms with Gasteiger partial charge in [-0.05, 0) is 72.7 Å². The van der Waals surface area contributed by atoms with Crippen LogP contribution in [0, 0.1) is 23.6 Å². The van der Waals surface area contributed by atoms with E-state index in [4.69, 9.17) is 0 Å². The number of benzene rings is 3. The van der Waals surface area contributed by atoms with Crippen LogP contribution in [0.4, 0.5) is 10.1 Å². The number of carbonyl (C=O) groups excluding carboxylic acids is 2. The number of aliphatic hydroxyl groups excluding tert-OH is 2. The summed E-state index contributed by atoms with van der Waals surface area (Å²) in [5.41, 5.74) is 4.28. The lowest BCUT2D eigenvalue weighted by atomic mass is 9.68. The Morgan fingerprint density at radius 3 is 2.35 bits per heavy atom. The van der Waals surface area contributed by atoms with Crippen molar-refractivity contribution in [2.24, 2.45) is 17.8 Å². The lowest BCUT2D eigenvalue weighted by Crippen LogP contribution is -2.38. The van der Waals surface area contributed by atoms with Crippen LogP contribution in [-0.2, 0) is 9.59 Å². The molecule has 0 bridgehead atoms. The Hall–Kier alpha value is -4.07. The number of imide groups is 1. The van der Waals surface area contributed by atoms with Crippen molar-refractivity contribution in [3.05, 3.63) is 107 Å². The second-order valence-corrected chi connectivity index (χ2v) is 10.5. The van der Waals surface area contributed by atoms with E-state index in [0.717, 1.165) is 16.7 Å². The van der Waals surface area contributed by atoms with Crippen molar-refractivity contribution in [2.45, 2.75) is 32.3 Å². The van der Waals surface area contributed by atoms with Crippen molar-refractivity contribution >= 4 is 29.2 Å². The maximum atomic E-state index is 14.0. The number of hydrogen-bond acceptors (Lipinski definition) is 5. The summed E-state index contributed by atoms with van der Waals surface area (Å²) < 4.78 is 14.0. The molecule has 3 N–H and O–H groups in total. The van der Waals surface area contributed by atoms with Gasteiger partial charge >= 0.3 is 0 Å². The van der Waals surface area contributed by atoms with E-state index in [1.54, 1.807) is 30.3 Å². The highest BCUT2D eigenvalue weighted by molar-refractivity contribution is 6.22. The summed E-state index contributed by atoms with van der Waals surface area (Å²) in [6.07, 6.45) is 1.95. The second kappa shape index (κ2) is 11.6. The Labute approximate surface area is 232 Å². The van der Waals surface area contributed by atoms with Crippen LogP contribution in [-0.4, -0.2) is 39.8 Å². The van der Waals surface area contributed by atoms with Crippen molar-refractivity contribution in [3.63, 3.8) is 0 Å². The van der Waals surface area contributed by atoms with E-state index in [1.807, 2.05) is 49.4 Å². The summed E-state index contributed by atoms with van der Waals surface area (Å²) in [5, 5.41) is 31.5. The number of hydrogen-bond donors (Lipinski definition) is 3. The molecule has 1 saturated heterocycles. The molecule has 0 spiro atoms. The summed E-state index contributed by atoms with van der Waals surface area (Å²) in [5.74, 6) is -3.76. The van der Waals surface area contributed by atoms with Crippen LogP contribution in [0.5, 0.6) is 5.75 Å². The molecule has 4 atom stereocenters. The molecule has 2 amide bonds. The minimum absolute atomic E-state index is 0.275. The molecule has 6 nitrogen and oxygen atoms in total. The van der Waals surface area contributed by atoms with Gasteiger partial charge in [-0.1, -0.05) is 66.2 Å². The lowest BCUT2D eigenvalue weighted by molar-refractivity contribution is -0.123. The molecular weight excluding hydrogens is 509 g/mol. The van der Waals surface area contributed by atoms with Crippen molar-refractivity contribution < 1.29 is 29.3 Å². The van der Waals surface area contributed by atoms with Crippen LogP contribution in [0.2, 0.25) is 0 Å². The highest BCUT2D eigenvalue weighted by Gasteiger charge is 2.54. The van der Waals surface area contributed by atoms with E-state index in [-0.39, 0.29) is 18.4 Å². The molecule has 1 heterocycles. The molecule has 0 aromatic heterocycles. The smallest absolute Gasteiger partial charge is 0.238 e. The minimum atomic E-state index is -0.949. The Morgan fingerprint density at radius 2 is 1.70 bits per heavy atom. The fourth-order valence-corrected chi connectivity index (χ4v) is 6.16. The fraction of sp³-hybridized carbons (Fsp3) is 0.273. The topological polar surface area (TPSA) is 98.1 Å². The first-order valence-electron chi connectivity index (χ1n) is 13.5. The minimum Gasteiger partial charge on any atom is -0.505 e. The van der Waals surface area contributed by atoms with Gasteiger partial charge in [0.2, 0.25) is 11.8 Å². The van der Waals surface area contributed by atoms with Gasteiger partial charge in [0.05, 0.1) is 30.2 Å². The first-order chi connectivity index (χ1) is 19.3. The van der Waals surface area contributed by atoms with E-state index in [9.17, 15) is 29.3 Å². The number of phenols is 1. The summed E-state index contributed by atoms with van der Waals surface area (Å²) in [7, 11) is 0. The monoisotopic (exact) mass is 541 g/mol. The molecule has 40 heavy (non-hydrogen) atoms. The number of carbonyl (C=O) groups is 2. The molecule has 0 radical (unpaired) electrons. The number of fused-ring (bicyclic) bond motifs is 1. The summed E-state index contributed by atoms with van der Waals surface area (Å²) in [6, 6.07) is 22.5. The molecule has 1 fully saturated rings. The van der Waals surface area contributed by atoms with Crippen LogP contribution >= 0.6 is 0 Å². The molecule has 5 rings (SSSR count). The molecule has 0 saturated carbocycles. The van der Waals surface area contributed by atoms with Gasteiger partial charge in [-0.2, -0.15) is 0 Å². The third-order valence-electron chi connectivity index (χ3n) is 8.04. The average Bonchev–Trinajstić information content (AvgIpc) is 3.21. The molecular formula is C33H32FNO5. The average molecular weight is 542 g/mol. The number of allylic oxidation sites excluding steroid dienone is 2. The molecule has 1 aliphatic carbocycles. The predicted molar refractivity (Wildman–Crippen MR) is 151 cm³/mol. The van der Waals surface area contributed by atoms with E-state index >= 15 is 0 Å². The summed E-state index contributed by atoms with van der Waals surface area (Å²) in [4.78, 5) is 28.1. The van der Waals surface area contributed by atoms with Gasteiger partial charge in [-0.3, -0.25) is 14.5 Å². The van der Waals surface area contributed by atoms with Gasteiger partial charge in [0.25, 0.3) is 0 Å². The zero-order chi connectivity index (χ0) is 28.4. The zero-order valence-electron chi connectivity index (χ0n) is 22.2.